The maximum atomic E-state index is 14.1. The molecule has 2 aliphatic heterocycles. The Morgan fingerprint density at radius 2 is 1.84 bits per heavy atom. The first kappa shape index (κ1) is 24.6. The number of amides is 1. The van der Waals surface area contributed by atoms with Gasteiger partial charge in [-0.2, -0.15) is 0 Å². The van der Waals surface area contributed by atoms with Gasteiger partial charge in [-0.1, -0.05) is 65.4 Å². The Kier molecular flexibility index (Phi) is 6.29. The maximum absolute atomic E-state index is 14.1. The third-order valence-corrected chi connectivity index (χ3v) is 7.47. The average molecular weight is 514 g/mol. The summed E-state index contributed by atoms with van der Waals surface area (Å²) in [5.74, 6) is -0.771. The second-order valence-corrected chi connectivity index (χ2v) is 10.3. The van der Waals surface area contributed by atoms with Crippen molar-refractivity contribution < 1.29 is 14.3 Å². The van der Waals surface area contributed by atoms with Crippen LogP contribution in [0.5, 0.6) is 0 Å². The second kappa shape index (κ2) is 9.44. The highest BCUT2D eigenvalue weighted by molar-refractivity contribution is 7.07. The van der Waals surface area contributed by atoms with Crippen molar-refractivity contribution in [3.8, 4) is 0 Å². The lowest BCUT2D eigenvalue weighted by molar-refractivity contribution is -0.143. The molecule has 0 fully saturated rings. The van der Waals surface area contributed by atoms with E-state index in [0.717, 1.165) is 16.8 Å². The van der Waals surface area contributed by atoms with E-state index in [2.05, 4.69) is 11.6 Å². The SMILES string of the molecule is C=CCN1C(=O)C(=c2sc3n(c2=O)C(c2ccc(C)cc2)C(C(=O)OC(C)C)=C(C)N=3)c2ccccc21. The summed E-state index contributed by atoms with van der Waals surface area (Å²) < 4.78 is 7.38. The monoisotopic (exact) mass is 513 g/mol. The third kappa shape index (κ3) is 4.07. The van der Waals surface area contributed by atoms with Crippen LogP contribution in [0.1, 0.15) is 43.5 Å². The van der Waals surface area contributed by atoms with E-state index >= 15 is 0 Å². The van der Waals surface area contributed by atoms with E-state index in [1.807, 2.05) is 55.5 Å². The zero-order chi connectivity index (χ0) is 26.4. The van der Waals surface area contributed by atoms with E-state index in [-0.39, 0.29) is 17.6 Å². The van der Waals surface area contributed by atoms with Crippen molar-refractivity contribution in [3.05, 3.63) is 109 Å². The van der Waals surface area contributed by atoms with Gasteiger partial charge in [-0.25, -0.2) is 9.79 Å². The minimum atomic E-state index is -0.728. The molecule has 2 aromatic carbocycles. The zero-order valence-corrected chi connectivity index (χ0v) is 22.0. The van der Waals surface area contributed by atoms with Gasteiger partial charge in [-0.3, -0.25) is 14.2 Å². The number of rotatable bonds is 5. The van der Waals surface area contributed by atoms with E-state index in [0.29, 0.717) is 38.3 Å². The number of benzene rings is 2. The molecule has 1 atom stereocenters. The van der Waals surface area contributed by atoms with Crippen LogP contribution < -0.4 is 19.8 Å². The van der Waals surface area contributed by atoms with Gasteiger partial charge in [-0.05, 0) is 39.3 Å². The van der Waals surface area contributed by atoms with Crippen LogP contribution in [-0.4, -0.2) is 29.1 Å². The summed E-state index contributed by atoms with van der Waals surface area (Å²) in [4.78, 5) is 47.6. The van der Waals surface area contributed by atoms with Crippen molar-refractivity contribution in [3.63, 3.8) is 0 Å². The lowest BCUT2D eigenvalue weighted by Crippen LogP contribution is -2.41. The minimum Gasteiger partial charge on any atom is -0.459 e. The number of esters is 1. The van der Waals surface area contributed by atoms with Crippen molar-refractivity contribution in [1.29, 1.82) is 0 Å². The van der Waals surface area contributed by atoms with Crippen LogP contribution in [-0.2, 0) is 14.3 Å². The van der Waals surface area contributed by atoms with Crippen LogP contribution in [0, 0.1) is 6.92 Å². The van der Waals surface area contributed by atoms with Gasteiger partial charge in [0.05, 0.1) is 34.7 Å². The molecular formula is C29H27N3O4S. The molecule has 188 valence electrons. The first-order valence-corrected chi connectivity index (χ1v) is 12.9. The van der Waals surface area contributed by atoms with Gasteiger partial charge in [0.2, 0.25) is 0 Å². The van der Waals surface area contributed by atoms with E-state index in [1.165, 1.54) is 15.9 Å². The molecule has 3 aromatic rings. The molecule has 7 nitrogen and oxygen atoms in total. The van der Waals surface area contributed by atoms with Crippen molar-refractivity contribution in [1.82, 2.24) is 4.57 Å². The normalized spacial score (nSPS) is 18.0. The predicted octanol–water partition coefficient (Wildman–Crippen LogP) is 3.40. The number of carbonyl (C=O) groups excluding carboxylic acids is 2. The summed E-state index contributed by atoms with van der Waals surface area (Å²) in [6.45, 7) is 11.4. The number of carbonyl (C=O) groups is 2. The van der Waals surface area contributed by atoms with Crippen LogP contribution in [0.4, 0.5) is 5.69 Å². The van der Waals surface area contributed by atoms with Gasteiger partial charge in [0.1, 0.15) is 4.53 Å². The minimum absolute atomic E-state index is 0.256. The van der Waals surface area contributed by atoms with Crippen LogP contribution in [0.25, 0.3) is 5.57 Å². The molecule has 1 unspecified atom stereocenters. The van der Waals surface area contributed by atoms with Gasteiger partial charge in [-0.15, -0.1) is 6.58 Å². The van der Waals surface area contributed by atoms with Crippen LogP contribution in [0.3, 0.4) is 0 Å². The molecule has 0 aliphatic carbocycles. The highest BCUT2D eigenvalue weighted by Crippen LogP contribution is 2.35. The highest BCUT2D eigenvalue weighted by atomic mass is 32.1. The molecule has 37 heavy (non-hydrogen) atoms. The van der Waals surface area contributed by atoms with E-state index < -0.39 is 12.0 Å². The van der Waals surface area contributed by atoms with Gasteiger partial charge in [0.15, 0.2) is 4.80 Å². The lowest BCUT2D eigenvalue weighted by atomic mass is 9.95. The summed E-state index contributed by atoms with van der Waals surface area (Å²) in [5.41, 5.74) is 4.03. The van der Waals surface area contributed by atoms with Crippen molar-refractivity contribution in [2.75, 3.05) is 11.4 Å². The third-order valence-electron chi connectivity index (χ3n) is 6.41. The van der Waals surface area contributed by atoms with E-state index in [1.54, 1.807) is 31.7 Å². The second-order valence-electron chi connectivity index (χ2n) is 9.36. The molecule has 8 heteroatoms. The Bertz CT molecular complexity index is 1660. The number of para-hydroxylation sites is 1. The average Bonchev–Trinajstić information content (AvgIpc) is 3.31. The summed E-state index contributed by atoms with van der Waals surface area (Å²) in [6, 6.07) is 14.4. The van der Waals surface area contributed by atoms with Gasteiger partial charge in [0.25, 0.3) is 11.5 Å². The van der Waals surface area contributed by atoms with Crippen LogP contribution in [0.15, 0.2) is 82.2 Å². The molecule has 0 saturated heterocycles. The smallest absolute Gasteiger partial charge is 0.338 e. The number of hydrogen-bond acceptors (Lipinski definition) is 6. The maximum Gasteiger partial charge on any atom is 0.338 e. The molecule has 5 rings (SSSR count). The first-order chi connectivity index (χ1) is 17.7. The highest BCUT2D eigenvalue weighted by Gasteiger charge is 2.37. The summed E-state index contributed by atoms with van der Waals surface area (Å²) in [7, 11) is 0. The molecule has 0 saturated carbocycles. The Balaban J connectivity index is 1.80. The number of ether oxygens (including phenoxy) is 1. The van der Waals surface area contributed by atoms with Crippen LogP contribution in [0.2, 0.25) is 0 Å². The molecule has 0 bridgehead atoms. The quantitative estimate of drug-likeness (QED) is 0.387. The Morgan fingerprint density at radius 3 is 2.51 bits per heavy atom. The van der Waals surface area contributed by atoms with E-state index in [9.17, 15) is 14.4 Å². The topological polar surface area (TPSA) is 81.0 Å². The fourth-order valence-electron chi connectivity index (χ4n) is 4.78. The number of aromatic nitrogens is 1. The summed E-state index contributed by atoms with van der Waals surface area (Å²) >= 11 is 1.17. The Labute approximate surface area is 218 Å². The standard InChI is InChI=1S/C29H27N3O4S/c1-6-15-31-21-10-8-7-9-20(21)23(26(31)33)25-27(34)32-24(19-13-11-17(4)12-14-19)22(28(35)36-16(2)3)18(5)30-29(32)37-25/h6-14,16,24H,1,15H2,2-5H3. The van der Waals surface area contributed by atoms with Crippen molar-refractivity contribution in [2.24, 2.45) is 4.99 Å². The lowest BCUT2D eigenvalue weighted by Gasteiger charge is -2.25. The fraction of sp³-hybridized carbons (Fsp3) is 0.241. The molecule has 0 N–H and O–H groups in total. The number of anilines is 1. The van der Waals surface area contributed by atoms with Gasteiger partial charge < -0.3 is 9.64 Å². The summed E-state index contributed by atoms with van der Waals surface area (Å²) in [5, 5.41) is 0. The van der Waals surface area contributed by atoms with Crippen molar-refractivity contribution in [2.45, 2.75) is 39.8 Å². The number of thiazole rings is 1. The molecule has 0 spiro atoms. The predicted molar refractivity (Wildman–Crippen MR) is 144 cm³/mol. The molecule has 1 aromatic heterocycles. The van der Waals surface area contributed by atoms with Gasteiger partial charge in [0, 0.05) is 12.1 Å². The largest absolute Gasteiger partial charge is 0.459 e. The number of nitrogens with zero attached hydrogens (tertiary/aromatic N) is 3. The van der Waals surface area contributed by atoms with Crippen molar-refractivity contribution >= 4 is 34.5 Å². The van der Waals surface area contributed by atoms with Gasteiger partial charge >= 0.3 is 5.97 Å². The number of fused-ring (bicyclic) bond motifs is 2. The van der Waals surface area contributed by atoms with Crippen LogP contribution >= 0.6 is 11.3 Å². The summed E-state index contributed by atoms with van der Waals surface area (Å²) in [6.07, 6.45) is 1.33. The molecule has 2 aliphatic rings. The number of allylic oxidation sites excluding steroid dienone is 1. The number of aryl methyl sites for hydroxylation is 1. The fourth-order valence-corrected chi connectivity index (χ4v) is 5.92. The molecule has 1 amide bonds. The molecular weight excluding hydrogens is 486 g/mol. The first-order valence-electron chi connectivity index (χ1n) is 12.1. The Hall–Kier alpha value is -4.04. The molecule has 0 radical (unpaired) electrons. The van der Waals surface area contributed by atoms with E-state index in [4.69, 9.17) is 4.74 Å². The molecule has 3 heterocycles. The number of hydrogen-bond donors (Lipinski definition) is 0. The Morgan fingerprint density at radius 1 is 1.14 bits per heavy atom. The zero-order valence-electron chi connectivity index (χ0n) is 21.1.